The highest BCUT2D eigenvalue weighted by atomic mass is 16.2. The minimum atomic E-state index is 0.00337. The molecule has 3 rings (SSSR count). The second-order valence-electron chi connectivity index (χ2n) is 6.16. The van der Waals surface area contributed by atoms with Gasteiger partial charge in [0, 0.05) is 26.1 Å². The lowest BCUT2D eigenvalue weighted by molar-refractivity contribution is -0.139. The molecule has 0 radical (unpaired) electrons. The van der Waals surface area contributed by atoms with Crippen molar-refractivity contribution in [3.05, 3.63) is 0 Å². The van der Waals surface area contributed by atoms with Gasteiger partial charge in [-0.2, -0.15) is 0 Å². The average Bonchev–Trinajstić information content (AvgIpc) is 3.03. The van der Waals surface area contributed by atoms with Gasteiger partial charge >= 0.3 is 0 Å². The van der Waals surface area contributed by atoms with Gasteiger partial charge in [0.15, 0.2) is 0 Å². The Bertz CT molecular complexity index is 359. The highest BCUT2D eigenvalue weighted by molar-refractivity contribution is 5.82. The molecule has 3 fully saturated rings. The van der Waals surface area contributed by atoms with Gasteiger partial charge in [0.1, 0.15) is 0 Å². The number of carbonyl (C=O) groups excluding carboxylic acids is 2. The maximum Gasteiger partial charge on any atom is 0.225 e. The van der Waals surface area contributed by atoms with Crippen molar-refractivity contribution in [2.75, 3.05) is 20.1 Å². The first kappa shape index (κ1) is 12.0. The summed E-state index contributed by atoms with van der Waals surface area (Å²) in [6.07, 6.45) is 5.43. The summed E-state index contributed by atoms with van der Waals surface area (Å²) in [4.78, 5) is 26.0. The number of fused-ring (bicyclic) bond motifs is 1. The van der Waals surface area contributed by atoms with E-state index in [1.165, 1.54) is 6.42 Å². The molecule has 1 saturated heterocycles. The summed E-state index contributed by atoms with van der Waals surface area (Å²) >= 11 is 0. The number of amides is 2. The van der Waals surface area contributed by atoms with Crippen molar-refractivity contribution < 1.29 is 9.59 Å². The molecule has 100 valence electrons. The van der Waals surface area contributed by atoms with E-state index in [-0.39, 0.29) is 17.7 Å². The summed E-state index contributed by atoms with van der Waals surface area (Å²) in [6, 6.07) is 0. The Kier molecular flexibility index (Phi) is 3.04. The van der Waals surface area contributed by atoms with E-state index in [9.17, 15) is 9.59 Å². The van der Waals surface area contributed by atoms with Gasteiger partial charge in [-0.25, -0.2) is 0 Å². The Morgan fingerprint density at radius 3 is 2.50 bits per heavy atom. The number of rotatable bonds is 2. The zero-order chi connectivity index (χ0) is 12.7. The van der Waals surface area contributed by atoms with Gasteiger partial charge in [0.25, 0.3) is 0 Å². The van der Waals surface area contributed by atoms with E-state index in [4.69, 9.17) is 0 Å². The molecule has 0 aromatic heterocycles. The molecular formula is C14H22N2O2. The molecule has 4 heteroatoms. The monoisotopic (exact) mass is 250 g/mol. The molecule has 3 atom stereocenters. The minimum Gasteiger partial charge on any atom is -0.359 e. The van der Waals surface area contributed by atoms with E-state index in [1.807, 2.05) is 4.90 Å². The van der Waals surface area contributed by atoms with E-state index < -0.39 is 0 Å². The third-order valence-electron chi connectivity index (χ3n) is 4.94. The van der Waals surface area contributed by atoms with Gasteiger partial charge in [-0.3, -0.25) is 9.59 Å². The van der Waals surface area contributed by atoms with Crippen LogP contribution in [-0.2, 0) is 9.59 Å². The van der Waals surface area contributed by atoms with Gasteiger partial charge < -0.3 is 10.2 Å². The predicted molar refractivity (Wildman–Crippen MR) is 67.7 cm³/mol. The van der Waals surface area contributed by atoms with Crippen LogP contribution in [0.1, 0.15) is 32.1 Å². The maximum absolute atomic E-state index is 12.4. The Hall–Kier alpha value is -1.06. The Labute approximate surface area is 108 Å². The molecule has 1 heterocycles. The van der Waals surface area contributed by atoms with Crippen molar-refractivity contribution in [3.63, 3.8) is 0 Å². The lowest BCUT2D eigenvalue weighted by atomic mass is 9.94. The summed E-state index contributed by atoms with van der Waals surface area (Å²) < 4.78 is 0. The van der Waals surface area contributed by atoms with Crippen molar-refractivity contribution in [2.24, 2.45) is 23.7 Å². The number of likely N-dealkylation sites (tertiary alicyclic amines) is 1. The van der Waals surface area contributed by atoms with Crippen molar-refractivity contribution in [3.8, 4) is 0 Å². The number of hydrogen-bond acceptors (Lipinski definition) is 2. The SMILES string of the molecule is CNC(=O)C1CCCN(C(=O)C2CC3CC3C2)C1. The molecule has 3 aliphatic rings. The number of nitrogens with zero attached hydrogens (tertiary/aromatic N) is 1. The molecule has 0 aromatic carbocycles. The highest BCUT2D eigenvalue weighted by Gasteiger charge is 2.49. The summed E-state index contributed by atoms with van der Waals surface area (Å²) in [6.45, 7) is 1.47. The first-order chi connectivity index (χ1) is 8.69. The van der Waals surface area contributed by atoms with E-state index in [0.29, 0.717) is 12.5 Å². The Morgan fingerprint density at radius 2 is 1.83 bits per heavy atom. The third kappa shape index (κ3) is 2.13. The van der Waals surface area contributed by atoms with Crippen LogP contribution in [0.4, 0.5) is 0 Å². The number of hydrogen-bond donors (Lipinski definition) is 1. The van der Waals surface area contributed by atoms with Gasteiger partial charge in [0.05, 0.1) is 5.92 Å². The van der Waals surface area contributed by atoms with E-state index >= 15 is 0 Å². The van der Waals surface area contributed by atoms with Gasteiger partial charge in [-0.1, -0.05) is 0 Å². The third-order valence-corrected chi connectivity index (χ3v) is 4.94. The molecule has 0 aromatic rings. The maximum atomic E-state index is 12.4. The molecule has 1 N–H and O–H groups in total. The fraction of sp³-hybridized carbons (Fsp3) is 0.857. The van der Waals surface area contributed by atoms with Crippen molar-refractivity contribution in [2.45, 2.75) is 32.1 Å². The van der Waals surface area contributed by atoms with E-state index in [2.05, 4.69) is 5.32 Å². The smallest absolute Gasteiger partial charge is 0.225 e. The van der Waals surface area contributed by atoms with Crippen LogP contribution in [0.5, 0.6) is 0 Å². The first-order valence-corrected chi connectivity index (χ1v) is 7.19. The molecule has 2 amide bonds. The molecule has 2 saturated carbocycles. The van der Waals surface area contributed by atoms with Gasteiger partial charge in [-0.15, -0.1) is 0 Å². The molecule has 2 aliphatic carbocycles. The van der Waals surface area contributed by atoms with Crippen molar-refractivity contribution in [1.29, 1.82) is 0 Å². The highest BCUT2D eigenvalue weighted by Crippen LogP contribution is 2.54. The van der Waals surface area contributed by atoms with Crippen LogP contribution < -0.4 is 5.32 Å². The normalized spacial score (nSPS) is 38.2. The van der Waals surface area contributed by atoms with Crippen molar-refractivity contribution >= 4 is 11.8 Å². The molecule has 4 nitrogen and oxygen atoms in total. The lowest BCUT2D eigenvalue weighted by Crippen LogP contribution is -2.46. The quantitative estimate of drug-likeness (QED) is 0.795. The Balaban J connectivity index is 1.58. The first-order valence-electron chi connectivity index (χ1n) is 7.19. The number of nitrogens with one attached hydrogen (secondary N) is 1. The lowest BCUT2D eigenvalue weighted by Gasteiger charge is -2.33. The molecule has 18 heavy (non-hydrogen) atoms. The van der Waals surface area contributed by atoms with Crippen LogP contribution in [0.2, 0.25) is 0 Å². The number of carbonyl (C=O) groups is 2. The predicted octanol–water partition coefficient (Wildman–Crippen LogP) is 1.02. The summed E-state index contributed by atoms with van der Waals surface area (Å²) in [5.74, 6) is 2.36. The van der Waals surface area contributed by atoms with Gasteiger partial charge in [0.2, 0.25) is 11.8 Å². The second-order valence-corrected chi connectivity index (χ2v) is 6.16. The minimum absolute atomic E-state index is 0.00337. The van der Waals surface area contributed by atoms with Crippen LogP contribution in [0.25, 0.3) is 0 Å². The standard InChI is InChI=1S/C14H22N2O2/c1-15-13(17)9-3-2-4-16(8-9)14(18)12-6-10-5-11(10)7-12/h9-12H,2-8H2,1H3,(H,15,17). The molecule has 0 spiro atoms. The molecular weight excluding hydrogens is 228 g/mol. The van der Waals surface area contributed by atoms with Crippen LogP contribution in [0, 0.1) is 23.7 Å². The van der Waals surface area contributed by atoms with Gasteiger partial charge in [-0.05, 0) is 43.9 Å². The fourth-order valence-corrected chi connectivity index (χ4v) is 3.77. The average molecular weight is 250 g/mol. The largest absolute Gasteiger partial charge is 0.359 e. The Morgan fingerprint density at radius 1 is 1.11 bits per heavy atom. The zero-order valence-electron chi connectivity index (χ0n) is 11.0. The van der Waals surface area contributed by atoms with Crippen LogP contribution in [0.3, 0.4) is 0 Å². The van der Waals surface area contributed by atoms with E-state index in [1.54, 1.807) is 7.05 Å². The summed E-state index contributed by atoms with van der Waals surface area (Å²) in [5.41, 5.74) is 0. The van der Waals surface area contributed by atoms with Crippen molar-refractivity contribution in [1.82, 2.24) is 10.2 Å². The van der Waals surface area contributed by atoms with E-state index in [0.717, 1.165) is 44.1 Å². The molecule has 0 bridgehead atoms. The van der Waals surface area contributed by atoms with Crippen LogP contribution >= 0.6 is 0 Å². The summed E-state index contributed by atoms with van der Waals surface area (Å²) in [7, 11) is 1.67. The second kappa shape index (κ2) is 4.56. The molecule has 1 aliphatic heterocycles. The molecule has 3 unspecified atom stereocenters. The van der Waals surface area contributed by atoms with Crippen LogP contribution in [0.15, 0.2) is 0 Å². The van der Waals surface area contributed by atoms with Crippen LogP contribution in [-0.4, -0.2) is 36.9 Å². The zero-order valence-corrected chi connectivity index (χ0v) is 11.0. The topological polar surface area (TPSA) is 49.4 Å². The fourth-order valence-electron chi connectivity index (χ4n) is 3.77. The summed E-state index contributed by atoms with van der Waals surface area (Å²) in [5, 5.41) is 2.70. The number of piperidine rings is 1.